The Labute approximate surface area is 180 Å². The summed E-state index contributed by atoms with van der Waals surface area (Å²) in [4.78, 5) is 18.6. The molecule has 0 bridgehead atoms. The zero-order valence-electron chi connectivity index (χ0n) is 17.2. The van der Waals surface area contributed by atoms with Crippen molar-refractivity contribution in [2.45, 2.75) is 38.4 Å². The minimum Gasteiger partial charge on any atom is -0.326 e. The molecule has 1 N–H and O–H groups in total. The lowest BCUT2D eigenvalue weighted by atomic mass is 9.95. The van der Waals surface area contributed by atoms with Crippen LogP contribution in [0.4, 0.5) is 14.9 Å². The van der Waals surface area contributed by atoms with Crippen LogP contribution >= 0.6 is 11.8 Å². The maximum Gasteiger partial charge on any atom is 0.299 e. The second-order valence-corrected chi connectivity index (χ2v) is 8.49. The molecule has 1 atom stereocenters. The van der Waals surface area contributed by atoms with E-state index in [1.165, 1.54) is 29.5 Å². The summed E-state index contributed by atoms with van der Waals surface area (Å²) in [5.74, 6) is 0.623. The lowest BCUT2D eigenvalue weighted by Crippen LogP contribution is -2.37. The van der Waals surface area contributed by atoms with E-state index in [9.17, 15) is 9.18 Å². The summed E-state index contributed by atoms with van der Waals surface area (Å²) < 4.78 is 13.4. The molecule has 7 heteroatoms. The molecule has 2 aliphatic heterocycles. The highest BCUT2D eigenvalue weighted by Gasteiger charge is 2.27. The van der Waals surface area contributed by atoms with Gasteiger partial charge in [0.05, 0.1) is 11.0 Å². The number of thioether (sulfide) groups is 1. The molecule has 1 amide bonds. The summed E-state index contributed by atoms with van der Waals surface area (Å²) in [6, 6.07) is 12.9. The first-order chi connectivity index (χ1) is 14.6. The number of nitrogens with one attached hydrogen (secondary N) is 1. The maximum atomic E-state index is 13.4. The zero-order valence-corrected chi connectivity index (χ0v) is 18.0. The van der Waals surface area contributed by atoms with Crippen molar-refractivity contribution in [3.63, 3.8) is 0 Å². The van der Waals surface area contributed by atoms with Gasteiger partial charge in [-0.25, -0.2) is 9.82 Å². The lowest BCUT2D eigenvalue weighted by molar-refractivity contribution is 0.260. The first kappa shape index (κ1) is 20.6. The van der Waals surface area contributed by atoms with E-state index in [4.69, 9.17) is 4.99 Å². The average Bonchev–Trinajstić information content (AvgIpc) is 2.77. The van der Waals surface area contributed by atoms with Crippen LogP contribution in [0.15, 0.2) is 52.6 Å². The van der Waals surface area contributed by atoms with Gasteiger partial charge in [-0.2, -0.15) is 5.10 Å². The zero-order chi connectivity index (χ0) is 21.1. The molecule has 0 spiro atoms. The minimum atomic E-state index is -0.248. The Morgan fingerprint density at radius 3 is 2.80 bits per heavy atom. The molecule has 0 aromatic heterocycles. The molecule has 0 radical (unpaired) electrons. The summed E-state index contributed by atoms with van der Waals surface area (Å²) in [6.45, 7) is 5.60. The number of fused-ring (bicyclic) bond motifs is 1. The first-order valence-corrected chi connectivity index (χ1v) is 11.2. The fourth-order valence-electron chi connectivity index (χ4n) is 3.97. The monoisotopic (exact) mass is 424 g/mol. The van der Waals surface area contributed by atoms with E-state index in [1.807, 2.05) is 6.92 Å². The van der Waals surface area contributed by atoms with Gasteiger partial charge in [-0.1, -0.05) is 24.8 Å². The molecule has 5 nitrogen and oxygen atoms in total. The molecular formula is C23H25FN4OS. The van der Waals surface area contributed by atoms with Gasteiger partial charge in [-0.15, -0.1) is 0 Å². The van der Waals surface area contributed by atoms with Crippen LogP contribution < -0.4 is 10.3 Å². The number of amides is 1. The van der Waals surface area contributed by atoms with Crippen LogP contribution in [0.2, 0.25) is 0 Å². The van der Waals surface area contributed by atoms with Crippen molar-refractivity contribution in [3.05, 3.63) is 65.0 Å². The third-order valence-corrected chi connectivity index (χ3v) is 6.50. The SMILES string of the molecule is CCN=C(c1ccc(F)cc1)N1CCCc2cc(C3=NNC(=O)SC3CC)ccc21. The van der Waals surface area contributed by atoms with E-state index < -0.39 is 0 Å². The lowest BCUT2D eigenvalue weighted by Gasteiger charge is -2.33. The van der Waals surface area contributed by atoms with Crippen molar-refractivity contribution < 1.29 is 9.18 Å². The highest BCUT2D eigenvalue weighted by atomic mass is 32.2. The number of carbonyl (C=O) groups excluding carboxylic acids is 1. The molecule has 0 aliphatic carbocycles. The summed E-state index contributed by atoms with van der Waals surface area (Å²) >= 11 is 1.30. The molecule has 4 rings (SSSR count). The number of nitrogens with zero attached hydrogens (tertiary/aromatic N) is 3. The summed E-state index contributed by atoms with van der Waals surface area (Å²) in [5, 5.41) is 4.31. The number of halogens is 1. The van der Waals surface area contributed by atoms with Crippen LogP contribution in [0, 0.1) is 5.82 Å². The molecule has 2 aromatic rings. The van der Waals surface area contributed by atoms with Gasteiger partial charge >= 0.3 is 0 Å². The predicted molar refractivity (Wildman–Crippen MR) is 122 cm³/mol. The van der Waals surface area contributed by atoms with Gasteiger partial charge in [0.15, 0.2) is 0 Å². The number of anilines is 1. The van der Waals surface area contributed by atoms with Crippen LogP contribution in [0.25, 0.3) is 0 Å². The Balaban J connectivity index is 1.70. The number of hydrogen-bond donors (Lipinski definition) is 1. The molecule has 0 fully saturated rings. The van der Waals surface area contributed by atoms with Crippen molar-refractivity contribution in [2.75, 3.05) is 18.0 Å². The van der Waals surface area contributed by atoms with E-state index in [2.05, 4.69) is 40.5 Å². The summed E-state index contributed by atoms with van der Waals surface area (Å²) in [7, 11) is 0. The number of aryl methyl sites for hydroxylation is 1. The quantitative estimate of drug-likeness (QED) is 0.556. The molecule has 156 valence electrons. The fourth-order valence-corrected chi connectivity index (χ4v) is 4.80. The standard InChI is InChI=1S/C23H25FN4OS/c1-3-20-21(26-27-23(29)30-20)17-9-12-19-16(14-17)6-5-13-28(19)22(25-4-2)15-7-10-18(24)11-8-15/h7-12,14,20H,3-6,13H2,1-2H3,(H,27,29). The van der Waals surface area contributed by atoms with Gasteiger partial charge in [0, 0.05) is 24.3 Å². The number of amidine groups is 1. The van der Waals surface area contributed by atoms with Crippen molar-refractivity contribution >= 4 is 34.2 Å². The smallest absolute Gasteiger partial charge is 0.299 e. The van der Waals surface area contributed by atoms with Gasteiger partial charge in [-0.05, 0) is 73.7 Å². The van der Waals surface area contributed by atoms with Gasteiger partial charge in [0.2, 0.25) is 0 Å². The van der Waals surface area contributed by atoms with Crippen LogP contribution in [-0.2, 0) is 6.42 Å². The number of hydrazone groups is 1. The van der Waals surface area contributed by atoms with Crippen LogP contribution in [0.3, 0.4) is 0 Å². The average molecular weight is 425 g/mol. The van der Waals surface area contributed by atoms with Gasteiger partial charge in [-0.3, -0.25) is 9.79 Å². The Kier molecular flexibility index (Phi) is 6.18. The second kappa shape index (κ2) is 9.00. The van der Waals surface area contributed by atoms with Crippen molar-refractivity contribution in [2.24, 2.45) is 10.1 Å². The molecule has 30 heavy (non-hydrogen) atoms. The second-order valence-electron chi connectivity index (χ2n) is 7.31. The fraction of sp³-hybridized carbons (Fsp3) is 0.348. The predicted octanol–water partition coefficient (Wildman–Crippen LogP) is 4.98. The summed E-state index contributed by atoms with van der Waals surface area (Å²) in [6.07, 6.45) is 2.83. The number of benzene rings is 2. The van der Waals surface area contributed by atoms with E-state index in [0.717, 1.165) is 54.2 Å². The maximum absolute atomic E-state index is 13.4. The van der Waals surface area contributed by atoms with E-state index in [0.29, 0.717) is 6.54 Å². The normalized spacial score (nSPS) is 19.2. The highest BCUT2D eigenvalue weighted by molar-refractivity contribution is 8.14. The third-order valence-electron chi connectivity index (χ3n) is 5.35. The Bertz CT molecular complexity index is 1000. The van der Waals surface area contributed by atoms with Crippen molar-refractivity contribution in [1.29, 1.82) is 0 Å². The molecule has 0 saturated heterocycles. The Morgan fingerprint density at radius 1 is 1.27 bits per heavy atom. The molecular weight excluding hydrogens is 399 g/mol. The van der Waals surface area contributed by atoms with E-state index in [-0.39, 0.29) is 16.3 Å². The largest absolute Gasteiger partial charge is 0.326 e. The topological polar surface area (TPSA) is 57.1 Å². The number of rotatable bonds is 4. The number of carbonyl (C=O) groups is 1. The van der Waals surface area contributed by atoms with Crippen molar-refractivity contribution in [3.8, 4) is 0 Å². The third kappa shape index (κ3) is 4.12. The number of hydrogen-bond acceptors (Lipinski definition) is 4. The Morgan fingerprint density at radius 2 is 2.07 bits per heavy atom. The van der Waals surface area contributed by atoms with Crippen LogP contribution in [0.1, 0.15) is 43.4 Å². The molecule has 2 heterocycles. The van der Waals surface area contributed by atoms with Crippen LogP contribution in [-0.4, -0.2) is 35.1 Å². The van der Waals surface area contributed by atoms with Crippen molar-refractivity contribution in [1.82, 2.24) is 5.43 Å². The van der Waals surface area contributed by atoms with E-state index in [1.54, 1.807) is 12.1 Å². The highest BCUT2D eigenvalue weighted by Crippen LogP contribution is 2.32. The summed E-state index contributed by atoms with van der Waals surface area (Å²) in [5.41, 5.74) is 7.84. The Hall–Kier alpha value is -2.67. The molecule has 2 aromatic carbocycles. The van der Waals surface area contributed by atoms with Gasteiger partial charge in [0.25, 0.3) is 5.24 Å². The number of aliphatic imine (C=N–C) groups is 1. The van der Waals surface area contributed by atoms with Crippen LogP contribution in [0.5, 0.6) is 0 Å². The molecule has 2 aliphatic rings. The molecule has 1 unspecified atom stereocenters. The van der Waals surface area contributed by atoms with Gasteiger partial charge < -0.3 is 4.90 Å². The van der Waals surface area contributed by atoms with Gasteiger partial charge in [0.1, 0.15) is 11.7 Å². The van der Waals surface area contributed by atoms with E-state index >= 15 is 0 Å². The minimum absolute atomic E-state index is 0.0629. The molecule has 0 saturated carbocycles. The first-order valence-electron chi connectivity index (χ1n) is 10.4.